The van der Waals surface area contributed by atoms with Gasteiger partial charge in [0.05, 0.1) is 36.4 Å². The van der Waals surface area contributed by atoms with E-state index >= 15 is 0 Å². The number of carbonyl (C=O) groups is 2. The van der Waals surface area contributed by atoms with Crippen molar-refractivity contribution < 1.29 is 24.2 Å². The monoisotopic (exact) mass is 477 g/mol. The second-order valence-electron chi connectivity index (χ2n) is 7.44. The van der Waals surface area contributed by atoms with Gasteiger partial charge in [0.2, 0.25) is 0 Å². The van der Waals surface area contributed by atoms with E-state index < -0.39 is 17.7 Å². The Labute approximate surface area is 197 Å². The van der Waals surface area contributed by atoms with Gasteiger partial charge in [0, 0.05) is 11.6 Å². The molecule has 0 aromatic heterocycles. The first-order chi connectivity index (χ1) is 15.3. The Bertz CT molecular complexity index is 1050. The minimum absolute atomic E-state index is 0.0340. The van der Waals surface area contributed by atoms with Crippen molar-refractivity contribution in [3.05, 3.63) is 63.1 Å². The van der Waals surface area contributed by atoms with E-state index in [2.05, 4.69) is 6.92 Å². The molecule has 0 spiro atoms. The van der Waals surface area contributed by atoms with Gasteiger partial charge in [0.1, 0.15) is 17.3 Å². The third kappa shape index (κ3) is 4.57. The molecule has 6 nitrogen and oxygen atoms in total. The Balaban J connectivity index is 2.20. The van der Waals surface area contributed by atoms with Gasteiger partial charge in [-0.05, 0) is 36.2 Å². The van der Waals surface area contributed by atoms with Crippen LogP contribution < -0.4 is 9.47 Å². The number of aliphatic hydroxyl groups excluding tert-OH is 1. The zero-order valence-corrected chi connectivity index (χ0v) is 19.7. The highest BCUT2D eigenvalue weighted by atomic mass is 35.5. The molecule has 1 fully saturated rings. The number of carbonyl (C=O) groups excluding carboxylic acids is 2. The van der Waals surface area contributed by atoms with Crippen LogP contribution in [0.15, 0.2) is 42.0 Å². The Morgan fingerprint density at radius 2 is 1.75 bits per heavy atom. The van der Waals surface area contributed by atoms with Gasteiger partial charge in [-0.25, -0.2) is 0 Å². The number of ketones is 1. The zero-order valence-electron chi connectivity index (χ0n) is 18.2. The third-order valence-electron chi connectivity index (χ3n) is 5.44. The quantitative estimate of drug-likeness (QED) is 0.231. The summed E-state index contributed by atoms with van der Waals surface area (Å²) in [4.78, 5) is 27.6. The van der Waals surface area contributed by atoms with Crippen molar-refractivity contribution in [3.63, 3.8) is 0 Å². The van der Waals surface area contributed by atoms with Crippen molar-refractivity contribution in [1.29, 1.82) is 0 Å². The van der Waals surface area contributed by atoms with Crippen LogP contribution in [-0.2, 0) is 9.59 Å². The van der Waals surface area contributed by atoms with Crippen molar-refractivity contribution >= 4 is 40.7 Å². The number of ether oxygens (including phenoxy) is 2. The molecule has 1 aliphatic heterocycles. The molecule has 0 saturated carbocycles. The van der Waals surface area contributed by atoms with E-state index in [1.165, 1.54) is 24.1 Å². The average molecular weight is 478 g/mol. The lowest BCUT2D eigenvalue weighted by molar-refractivity contribution is -0.139. The molecule has 8 heteroatoms. The first-order valence-corrected chi connectivity index (χ1v) is 11.0. The van der Waals surface area contributed by atoms with E-state index in [-0.39, 0.29) is 32.7 Å². The Morgan fingerprint density at radius 1 is 1.06 bits per heavy atom. The highest BCUT2D eigenvalue weighted by molar-refractivity contribution is 6.46. The molecule has 2 aromatic rings. The van der Waals surface area contributed by atoms with Gasteiger partial charge in [-0.1, -0.05) is 55.1 Å². The van der Waals surface area contributed by atoms with E-state index in [0.717, 1.165) is 19.3 Å². The molecular formula is C24H25Cl2NO5. The van der Waals surface area contributed by atoms with Crippen LogP contribution in [-0.4, -0.2) is 42.5 Å². The largest absolute Gasteiger partial charge is 0.507 e. The predicted molar refractivity (Wildman–Crippen MR) is 125 cm³/mol. The molecule has 32 heavy (non-hydrogen) atoms. The Morgan fingerprint density at radius 3 is 2.34 bits per heavy atom. The van der Waals surface area contributed by atoms with Crippen LogP contribution in [0, 0.1) is 0 Å². The van der Waals surface area contributed by atoms with Crippen LogP contribution in [0.2, 0.25) is 10.0 Å². The standard InChI is InChI=1S/C24H25Cl2NO5/c1-4-5-6-11-27-20(14-7-9-16(31-2)10-8-14)19(22(29)24(27)30)21(28)17-12-15(25)13-18(26)23(17)32-3/h7-10,12-13,20,28H,4-6,11H2,1-3H3/b21-19+. The summed E-state index contributed by atoms with van der Waals surface area (Å²) in [6.07, 6.45) is 2.62. The van der Waals surface area contributed by atoms with E-state index in [1.807, 2.05) is 0 Å². The van der Waals surface area contributed by atoms with Gasteiger partial charge >= 0.3 is 0 Å². The summed E-state index contributed by atoms with van der Waals surface area (Å²) in [7, 11) is 2.96. The van der Waals surface area contributed by atoms with Gasteiger partial charge in [-0.3, -0.25) is 9.59 Å². The topological polar surface area (TPSA) is 76.1 Å². The fourth-order valence-corrected chi connectivity index (χ4v) is 4.43. The lowest BCUT2D eigenvalue weighted by Crippen LogP contribution is -2.30. The smallest absolute Gasteiger partial charge is 0.295 e. The minimum Gasteiger partial charge on any atom is -0.507 e. The normalized spacial score (nSPS) is 17.7. The van der Waals surface area contributed by atoms with Crippen molar-refractivity contribution in [3.8, 4) is 11.5 Å². The number of methoxy groups -OCH3 is 2. The fourth-order valence-electron chi connectivity index (χ4n) is 3.86. The summed E-state index contributed by atoms with van der Waals surface area (Å²) >= 11 is 12.4. The molecule has 1 saturated heterocycles. The van der Waals surface area contributed by atoms with E-state index in [0.29, 0.717) is 17.9 Å². The lowest BCUT2D eigenvalue weighted by Gasteiger charge is -2.25. The van der Waals surface area contributed by atoms with Crippen LogP contribution in [0.1, 0.15) is 43.4 Å². The maximum Gasteiger partial charge on any atom is 0.295 e. The maximum absolute atomic E-state index is 13.1. The molecule has 1 atom stereocenters. The first kappa shape index (κ1) is 24.0. The molecule has 3 rings (SSSR count). The van der Waals surface area contributed by atoms with Gasteiger partial charge in [-0.2, -0.15) is 0 Å². The van der Waals surface area contributed by atoms with E-state index in [9.17, 15) is 14.7 Å². The molecule has 1 heterocycles. The molecule has 1 aliphatic rings. The minimum atomic E-state index is -0.766. The second-order valence-corrected chi connectivity index (χ2v) is 8.28. The van der Waals surface area contributed by atoms with Crippen LogP contribution >= 0.6 is 23.2 Å². The third-order valence-corrected chi connectivity index (χ3v) is 5.94. The van der Waals surface area contributed by atoms with Crippen molar-refractivity contribution in [2.45, 2.75) is 32.2 Å². The lowest BCUT2D eigenvalue weighted by atomic mass is 9.94. The molecule has 1 N–H and O–H groups in total. The Hall–Kier alpha value is -2.70. The van der Waals surface area contributed by atoms with Gasteiger partial charge in [-0.15, -0.1) is 0 Å². The molecule has 170 valence electrons. The summed E-state index contributed by atoms with van der Waals surface area (Å²) in [5.41, 5.74) is 0.790. The van der Waals surface area contributed by atoms with Crippen LogP contribution in [0.5, 0.6) is 11.5 Å². The number of halogens is 2. The number of hydrogen-bond donors (Lipinski definition) is 1. The average Bonchev–Trinajstić information content (AvgIpc) is 3.03. The summed E-state index contributed by atoms with van der Waals surface area (Å²) < 4.78 is 10.6. The van der Waals surface area contributed by atoms with Crippen LogP contribution in [0.3, 0.4) is 0 Å². The van der Waals surface area contributed by atoms with Crippen LogP contribution in [0.25, 0.3) is 5.76 Å². The number of hydrogen-bond acceptors (Lipinski definition) is 5. The van der Waals surface area contributed by atoms with Gasteiger partial charge in [0.15, 0.2) is 0 Å². The predicted octanol–water partition coefficient (Wildman–Crippen LogP) is 5.62. The number of benzene rings is 2. The van der Waals surface area contributed by atoms with Crippen molar-refractivity contribution in [2.75, 3.05) is 20.8 Å². The SMILES string of the molecule is CCCCCN1C(=O)C(=O)/C(=C(/O)c2cc(Cl)cc(Cl)c2OC)C1c1ccc(OC)cc1. The number of likely N-dealkylation sites (tertiary alicyclic amines) is 1. The molecule has 1 unspecified atom stereocenters. The van der Waals surface area contributed by atoms with Gasteiger partial charge < -0.3 is 19.5 Å². The highest BCUT2D eigenvalue weighted by Gasteiger charge is 2.46. The first-order valence-electron chi connectivity index (χ1n) is 10.3. The molecule has 0 aliphatic carbocycles. The number of aliphatic hydroxyl groups is 1. The molecule has 0 radical (unpaired) electrons. The van der Waals surface area contributed by atoms with E-state index in [1.54, 1.807) is 31.4 Å². The number of unbranched alkanes of at least 4 members (excludes halogenated alkanes) is 2. The van der Waals surface area contributed by atoms with Crippen LogP contribution in [0.4, 0.5) is 0 Å². The number of Topliss-reactive ketones (excluding diaryl/α,β-unsaturated/α-hetero) is 1. The fraction of sp³-hybridized carbons (Fsp3) is 0.333. The van der Waals surface area contributed by atoms with Gasteiger partial charge in [0.25, 0.3) is 11.7 Å². The highest BCUT2D eigenvalue weighted by Crippen LogP contribution is 2.43. The molecular weight excluding hydrogens is 453 g/mol. The summed E-state index contributed by atoms with van der Waals surface area (Å²) in [5, 5.41) is 11.7. The summed E-state index contributed by atoms with van der Waals surface area (Å²) in [6, 6.07) is 9.21. The number of rotatable bonds is 8. The molecule has 2 aromatic carbocycles. The molecule has 0 bridgehead atoms. The van der Waals surface area contributed by atoms with Crippen molar-refractivity contribution in [2.24, 2.45) is 0 Å². The Kier molecular flexibility index (Phi) is 7.69. The van der Waals surface area contributed by atoms with E-state index in [4.69, 9.17) is 32.7 Å². The molecule has 1 amide bonds. The van der Waals surface area contributed by atoms with Crippen molar-refractivity contribution in [1.82, 2.24) is 4.90 Å². The number of nitrogens with zero attached hydrogens (tertiary/aromatic N) is 1. The zero-order chi connectivity index (χ0) is 23.4. The number of amides is 1. The summed E-state index contributed by atoms with van der Waals surface area (Å²) in [5.74, 6) is -1.00. The maximum atomic E-state index is 13.1. The second kappa shape index (κ2) is 10.3. The summed E-state index contributed by atoms with van der Waals surface area (Å²) in [6.45, 7) is 2.45.